The average Bonchev–Trinajstić information content (AvgIpc) is 3.49. The number of amides is 1. The number of hydrogen-bond donors (Lipinski definition) is 0. The van der Waals surface area contributed by atoms with Crippen molar-refractivity contribution in [2.45, 2.75) is 37.6 Å². The molecule has 1 aliphatic carbocycles. The van der Waals surface area contributed by atoms with Gasteiger partial charge in [0.05, 0.1) is 31.5 Å². The number of allylic oxidation sites excluding steroid dienone is 1. The summed E-state index contributed by atoms with van der Waals surface area (Å²) in [6.45, 7) is 0. The number of methoxy groups -OCH3 is 2. The van der Waals surface area contributed by atoms with Crippen molar-refractivity contribution >= 4 is 29.5 Å². The highest BCUT2D eigenvalue weighted by Gasteiger charge is 2.39. The zero-order valence-corrected chi connectivity index (χ0v) is 23.0. The molecule has 5 rings (SSSR count). The topological polar surface area (TPSA) is 107 Å². The molecular formula is C28H23ClF4N4O5. The summed E-state index contributed by atoms with van der Waals surface area (Å²) in [6.07, 6.45) is 4.63. The zero-order valence-electron chi connectivity index (χ0n) is 22.2. The number of hydrogen-bond acceptors (Lipinski definition) is 8. The SMILES string of the molecule is COC(=O)c1coc([C@H]2CC[C@H](C3=CC(c4ccc(F)c(F)c4Cl)N=C(c4ncc(F)cc4F)N3C(=O)OC)CC2)n1. The maximum absolute atomic E-state index is 15.0. The Morgan fingerprint density at radius 2 is 1.74 bits per heavy atom. The third-order valence-electron chi connectivity index (χ3n) is 7.23. The number of aliphatic imine (C=N–C) groups is 1. The second kappa shape index (κ2) is 11.9. The molecule has 1 aliphatic heterocycles. The van der Waals surface area contributed by atoms with E-state index in [9.17, 15) is 22.8 Å². The van der Waals surface area contributed by atoms with E-state index in [-0.39, 0.29) is 28.9 Å². The molecule has 0 N–H and O–H groups in total. The summed E-state index contributed by atoms with van der Waals surface area (Å²) in [4.78, 5) is 38.4. The summed E-state index contributed by atoms with van der Waals surface area (Å²) in [5, 5.41) is -0.535. The van der Waals surface area contributed by atoms with Crippen molar-refractivity contribution in [3.8, 4) is 0 Å². The molecule has 0 radical (unpaired) electrons. The van der Waals surface area contributed by atoms with Crippen LogP contribution in [0.1, 0.15) is 65.3 Å². The summed E-state index contributed by atoms with van der Waals surface area (Å²) in [7, 11) is 2.36. The van der Waals surface area contributed by atoms with Gasteiger partial charge in [0.25, 0.3) is 0 Å². The predicted octanol–water partition coefficient (Wildman–Crippen LogP) is 6.49. The van der Waals surface area contributed by atoms with Gasteiger partial charge in [0.2, 0.25) is 0 Å². The number of oxazole rings is 1. The number of carbonyl (C=O) groups is 2. The number of aromatic nitrogens is 2. The van der Waals surface area contributed by atoms with Gasteiger partial charge in [-0.05, 0) is 43.7 Å². The van der Waals surface area contributed by atoms with Gasteiger partial charge < -0.3 is 13.9 Å². The Morgan fingerprint density at radius 3 is 2.40 bits per heavy atom. The first-order chi connectivity index (χ1) is 20.1. The molecule has 1 amide bonds. The number of halogens is 5. The number of rotatable bonds is 5. The molecule has 220 valence electrons. The summed E-state index contributed by atoms with van der Waals surface area (Å²) >= 11 is 6.15. The lowest BCUT2D eigenvalue weighted by molar-refractivity contribution is 0.0594. The number of amidine groups is 1. The predicted molar refractivity (Wildman–Crippen MR) is 140 cm³/mol. The van der Waals surface area contributed by atoms with E-state index in [1.807, 2.05) is 0 Å². The van der Waals surface area contributed by atoms with Crippen molar-refractivity contribution in [3.05, 3.63) is 93.6 Å². The highest BCUT2D eigenvalue weighted by Crippen LogP contribution is 2.43. The molecule has 1 aromatic carbocycles. The van der Waals surface area contributed by atoms with Gasteiger partial charge in [0, 0.05) is 23.2 Å². The van der Waals surface area contributed by atoms with Gasteiger partial charge in [-0.2, -0.15) is 0 Å². The maximum atomic E-state index is 15.0. The fraction of sp³-hybridized carbons (Fsp3) is 0.321. The van der Waals surface area contributed by atoms with E-state index in [1.165, 1.54) is 19.4 Å². The first kappa shape index (κ1) is 29.2. The Morgan fingerprint density at radius 1 is 1.02 bits per heavy atom. The molecule has 0 spiro atoms. The highest BCUT2D eigenvalue weighted by molar-refractivity contribution is 6.31. The quantitative estimate of drug-likeness (QED) is 0.185. The molecule has 2 aromatic heterocycles. The van der Waals surface area contributed by atoms with Crippen LogP contribution in [0.2, 0.25) is 5.02 Å². The largest absolute Gasteiger partial charge is 0.464 e. The van der Waals surface area contributed by atoms with Gasteiger partial charge in [-0.3, -0.25) is 4.99 Å². The molecule has 2 aliphatic rings. The lowest BCUT2D eigenvalue weighted by atomic mass is 9.79. The molecule has 3 heterocycles. The molecule has 1 fully saturated rings. The van der Waals surface area contributed by atoms with E-state index in [4.69, 9.17) is 20.8 Å². The molecule has 1 unspecified atom stereocenters. The van der Waals surface area contributed by atoms with Crippen LogP contribution in [0, 0.1) is 29.2 Å². The number of ether oxygens (including phenoxy) is 2. The summed E-state index contributed by atoms with van der Waals surface area (Å²) in [5.74, 6) is -5.58. The van der Waals surface area contributed by atoms with E-state index >= 15 is 4.39 Å². The molecule has 0 bridgehead atoms. The molecule has 3 aromatic rings. The minimum Gasteiger partial charge on any atom is -0.464 e. The first-order valence-corrected chi connectivity index (χ1v) is 13.2. The maximum Gasteiger partial charge on any atom is 0.419 e. The van der Waals surface area contributed by atoms with Gasteiger partial charge in [-0.15, -0.1) is 0 Å². The van der Waals surface area contributed by atoms with Crippen molar-refractivity contribution < 1.29 is 41.0 Å². The fourth-order valence-electron chi connectivity index (χ4n) is 5.17. The Hall–Kier alpha value is -4.26. The van der Waals surface area contributed by atoms with Crippen LogP contribution in [0.4, 0.5) is 22.4 Å². The number of carbonyl (C=O) groups excluding carboxylic acids is 2. The monoisotopic (exact) mass is 606 g/mol. The zero-order chi connectivity index (χ0) is 30.1. The number of nitrogens with zero attached hydrogens (tertiary/aromatic N) is 4. The number of esters is 1. The first-order valence-electron chi connectivity index (χ1n) is 12.8. The average molecular weight is 607 g/mol. The minimum absolute atomic E-state index is 0.0439. The van der Waals surface area contributed by atoms with Crippen LogP contribution >= 0.6 is 11.6 Å². The normalized spacial score (nSPS) is 20.5. The Kier molecular flexibility index (Phi) is 8.30. The van der Waals surface area contributed by atoms with E-state index < -0.39 is 52.1 Å². The standard InChI is InChI=1S/C28H23ClF4N4O5/c1-40-27(38)20-12-42-26(36-20)14-5-3-13(4-6-14)21-10-19(16-7-8-17(31)23(33)22(16)29)35-25(37(21)28(39)41-2)24-18(32)9-15(30)11-34-24/h7-14,19H,3-6H2,1-2H3/t13-,14-,19?. The van der Waals surface area contributed by atoms with Gasteiger partial charge in [-0.1, -0.05) is 17.7 Å². The molecule has 0 saturated heterocycles. The van der Waals surface area contributed by atoms with Gasteiger partial charge in [-0.25, -0.2) is 42.0 Å². The second-order valence-corrected chi connectivity index (χ2v) is 10.0. The molecule has 1 saturated carbocycles. The van der Waals surface area contributed by atoms with Crippen molar-refractivity contribution in [2.75, 3.05) is 14.2 Å². The molecule has 9 nitrogen and oxygen atoms in total. The van der Waals surface area contributed by atoms with Crippen LogP contribution in [0.25, 0.3) is 0 Å². The van der Waals surface area contributed by atoms with Crippen LogP contribution in [-0.4, -0.2) is 47.0 Å². The molecular weight excluding hydrogens is 584 g/mol. The third kappa shape index (κ3) is 5.48. The van der Waals surface area contributed by atoms with E-state index in [0.29, 0.717) is 43.3 Å². The summed E-state index contributed by atoms with van der Waals surface area (Å²) in [5.41, 5.74) is -0.0204. The van der Waals surface area contributed by atoms with Crippen LogP contribution in [0.5, 0.6) is 0 Å². The van der Waals surface area contributed by atoms with Crippen LogP contribution in [-0.2, 0) is 9.47 Å². The van der Waals surface area contributed by atoms with Gasteiger partial charge in [0.15, 0.2) is 34.9 Å². The Labute approximate surface area is 241 Å². The number of pyridine rings is 1. The van der Waals surface area contributed by atoms with E-state index in [2.05, 4.69) is 19.7 Å². The Balaban J connectivity index is 1.54. The summed E-state index contributed by atoms with van der Waals surface area (Å²) < 4.78 is 72.2. The van der Waals surface area contributed by atoms with Crippen molar-refractivity contribution in [3.63, 3.8) is 0 Å². The van der Waals surface area contributed by atoms with Crippen LogP contribution in [0.3, 0.4) is 0 Å². The minimum atomic E-state index is -1.29. The molecule has 1 atom stereocenters. The summed E-state index contributed by atoms with van der Waals surface area (Å²) in [6, 6.07) is 1.62. The van der Waals surface area contributed by atoms with Crippen molar-refractivity contribution in [1.29, 1.82) is 0 Å². The number of benzene rings is 1. The third-order valence-corrected chi connectivity index (χ3v) is 7.62. The smallest absolute Gasteiger partial charge is 0.419 e. The van der Waals surface area contributed by atoms with Crippen molar-refractivity contribution in [1.82, 2.24) is 14.9 Å². The van der Waals surface area contributed by atoms with Gasteiger partial charge in [0.1, 0.15) is 17.8 Å². The molecule has 42 heavy (non-hydrogen) atoms. The van der Waals surface area contributed by atoms with Crippen molar-refractivity contribution in [2.24, 2.45) is 10.9 Å². The molecule has 14 heteroatoms. The second-order valence-electron chi connectivity index (χ2n) is 9.65. The lowest BCUT2D eigenvalue weighted by Gasteiger charge is -2.37. The fourth-order valence-corrected chi connectivity index (χ4v) is 5.44. The van der Waals surface area contributed by atoms with E-state index in [1.54, 1.807) is 6.08 Å². The van der Waals surface area contributed by atoms with Crippen LogP contribution in [0.15, 0.2) is 51.8 Å². The van der Waals surface area contributed by atoms with Crippen LogP contribution < -0.4 is 0 Å². The Bertz CT molecular complexity index is 1600. The highest BCUT2D eigenvalue weighted by atomic mass is 35.5. The lowest BCUT2D eigenvalue weighted by Crippen LogP contribution is -2.43. The van der Waals surface area contributed by atoms with E-state index in [0.717, 1.165) is 24.3 Å². The van der Waals surface area contributed by atoms with Gasteiger partial charge >= 0.3 is 12.1 Å².